The van der Waals surface area contributed by atoms with E-state index in [1.54, 1.807) is 6.07 Å². The molecule has 2 aliphatic heterocycles. The number of ether oxygens (including phenoxy) is 1. The number of rotatable bonds is 7. The van der Waals surface area contributed by atoms with E-state index >= 15 is 0 Å². The van der Waals surface area contributed by atoms with Crippen LogP contribution in [0.25, 0.3) is 0 Å². The van der Waals surface area contributed by atoms with Crippen LogP contribution in [0.2, 0.25) is 0 Å². The van der Waals surface area contributed by atoms with Crippen LogP contribution < -0.4 is 20.0 Å². The van der Waals surface area contributed by atoms with Crippen molar-refractivity contribution in [3.63, 3.8) is 0 Å². The van der Waals surface area contributed by atoms with Crippen molar-refractivity contribution in [3.8, 4) is 11.5 Å². The molecule has 0 radical (unpaired) electrons. The number of hydrazone groups is 1. The third-order valence-corrected chi connectivity index (χ3v) is 7.75. The summed E-state index contributed by atoms with van der Waals surface area (Å²) >= 11 is 6.98. The molecule has 178 valence electrons. The molecule has 0 unspecified atom stereocenters. The minimum Gasteiger partial charge on any atom is -0.504 e. The van der Waals surface area contributed by atoms with Gasteiger partial charge in [0.2, 0.25) is 17.8 Å². The smallest absolute Gasteiger partial charge is 0.250 e. The Morgan fingerprint density at radius 2 is 1.58 bits per heavy atom. The molecule has 2 fully saturated rings. The Balaban J connectivity index is 1.60. The lowest BCUT2D eigenvalue weighted by molar-refractivity contribution is 0.317. The van der Waals surface area contributed by atoms with Crippen LogP contribution in [-0.4, -0.2) is 59.1 Å². The van der Waals surface area contributed by atoms with Gasteiger partial charge in [-0.2, -0.15) is 20.1 Å². The number of piperidine rings is 2. The fraction of sp³-hybridized carbons (Fsp3) is 0.545. The van der Waals surface area contributed by atoms with Gasteiger partial charge in [-0.1, -0.05) is 0 Å². The molecular weight excluding hydrogens is 554 g/mol. The lowest BCUT2D eigenvalue weighted by Crippen LogP contribution is -2.34. The number of nitrogens with one attached hydrogen (secondary N) is 1. The van der Waals surface area contributed by atoms with Crippen molar-refractivity contribution in [2.45, 2.75) is 45.4 Å². The average Bonchev–Trinajstić information content (AvgIpc) is 2.85. The highest BCUT2D eigenvalue weighted by atomic mass is 79.9. The number of aromatic nitrogens is 3. The molecule has 33 heavy (non-hydrogen) atoms. The number of halogens is 2. The molecular formula is C22H29Br2N7O2. The van der Waals surface area contributed by atoms with Crippen molar-refractivity contribution in [1.82, 2.24) is 15.0 Å². The van der Waals surface area contributed by atoms with E-state index < -0.39 is 0 Å². The zero-order chi connectivity index (χ0) is 23.2. The Labute approximate surface area is 210 Å². The summed E-state index contributed by atoms with van der Waals surface area (Å²) in [5.74, 6) is 2.16. The fourth-order valence-corrected chi connectivity index (χ4v) is 4.85. The molecule has 2 saturated heterocycles. The summed E-state index contributed by atoms with van der Waals surface area (Å²) in [4.78, 5) is 18.5. The summed E-state index contributed by atoms with van der Waals surface area (Å²) in [6.45, 7) is 6.11. The Bertz CT molecular complexity index is 957. The third kappa shape index (κ3) is 5.87. The topological polar surface area (TPSA) is 99.0 Å². The van der Waals surface area contributed by atoms with Crippen LogP contribution in [0.4, 0.5) is 17.8 Å². The van der Waals surface area contributed by atoms with Gasteiger partial charge in [0, 0.05) is 35.1 Å². The molecule has 0 bridgehead atoms. The standard InChI is InChI=1S/C22H29Br2N7O2/c1-2-33-17-13-16(23)18(24)15(19(17)32)14-25-29-20-26-21(30-9-5-3-6-10-30)28-22(27-20)31-11-7-4-8-12-31/h13-14,32H,2-12H2,1H3,(H,26,27,28,29)/b25-14-. The maximum absolute atomic E-state index is 10.6. The second kappa shape index (κ2) is 11.3. The number of nitrogens with zero attached hydrogens (tertiary/aromatic N) is 6. The highest BCUT2D eigenvalue weighted by Gasteiger charge is 2.20. The summed E-state index contributed by atoms with van der Waals surface area (Å²) in [5, 5.41) is 14.9. The molecule has 9 nitrogen and oxygen atoms in total. The van der Waals surface area contributed by atoms with Gasteiger partial charge in [-0.25, -0.2) is 5.43 Å². The minimum absolute atomic E-state index is 0.0103. The largest absolute Gasteiger partial charge is 0.504 e. The lowest BCUT2D eigenvalue weighted by atomic mass is 10.1. The number of benzene rings is 1. The molecule has 4 rings (SSSR count). The Kier molecular flexibility index (Phi) is 8.24. The molecule has 1 aromatic carbocycles. The van der Waals surface area contributed by atoms with E-state index in [4.69, 9.17) is 9.72 Å². The molecule has 0 atom stereocenters. The van der Waals surface area contributed by atoms with Crippen molar-refractivity contribution in [2.75, 3.05) is 48.0 Å². The first kappa shape index (κ1) is 24.0. The summed E-state index contributed by atoms with van der Waals surface area (Å²) in [7, 11) is 0. The van der Waals surface area contributed by atoms with Gasteiger partial charge in [-0.05, 0) is 83.4 Å². The number of anilines is 3. The van der Waals surface area contributed by atoms with E-state index in [1.807, 2.05) is 6.92 Å². The Hall–Kier alpha value is -2.14. The molecule has 2 aromatic rings. The van der Waals surface area contributed by atoms with Crippen LogP contribution in [0.15, 0.2) is 20.1 Å². The number of hydrogen-bond donors (Lipinski definition) is 2. The van der Waals surface area contributed by atoms with Crippen LogP contribution >= 0.6 is 31.9 Å². The molecule has 3 heterocycles. The number of aromatic hydroxyl groups is 1. The normalized spacial score (nSPS) is 16.9. The first-order chi connectivity index (χ1) is 16.1. The van der Waals surface area contributed by atoms with Gasteiger partial charge < -0.3 is 19.6 Å². The maximum Gasteiger partial charge on any atom is 0.250 e. The molecule has 0 spiro atoms. The summed E-state index contributed by atoms with van der Waals surface area (Å²) < 4.78 is 6.95. The van der Waals surface area contributed by atoms with E-state index in [0.29, 0.717) is 40.2 Å². The van der Waals surface area contributed by atoms with Crippen LogP contribution in [0, 0.1) is 0 Å². The van der Waals surface area contributed by atoms with Crippen LogP contribution in [0.5, 0.6) is 11.5 Å². The van der Waals surface area contributed by atoms with Gasteiger partial charge >= 0.3 is 0 Å². The highest BCUT2D eigenvalue weighted by Crippen LogP contribution is 2.39. The first-order valence-electron chi connectivity index (χ1n) is 11.5. The highest BCUT2D eigenvalue weighted by molar-refractivity contribution is 9.13. The van der Waals surface area contributed by atoms with E-state index in [0.717, 1.165) is 56.3 Å². The molecule has 1 aromatic heterocycles. The van der Waals surface area contributed by atoms with Crippen molar-refractivity contribution >= 4 is 55.9 Å². The third-order valence-electron chi connectivity index (χ3n) is 5.74. The molecule has 0 aliphatic carbocycles. The summed E-state index contributed by atoms with van der Waals surface area (Å²) in [5.41, 5.74) is 3.43. The predicted molar refractivity (Wildman–Crippen MR) is 138 cm³/mol. The Morgan fingerprint density at radius 1 is 1.00 bits per heavy atom. The summed E-state index contributed by atoms with van der Waals surface area (Å²) in [6.07, 6.45) is 8.58. The number of hydrogen-bond acceptors (Lipinski definition) is 9. The molecule has 2 N–H and O–H groups in total. The zero-order valence-electron chi connectivity index (χ0n) is 18.7. The summed E-state index contributed by atoms with van der Waals surface area (Å²) in [6, 6.07) is 1.72. The quantitative estimate of drug-likeness (QED) is 0.350. The molecule has 2 aliphatic rings. The van der Waals surface area contributed by atoms with Gasteiger partial charge in [-0.3, -0.25) is 0 Å². The monoisotopic (exact) mass is 581 g/mol. The van der Waals surface area contributed by atoms with Gasteiger partial charge in [-0.15, -0.1) is 0 Å². The number of phenols is 1. The van der Waals surface area contributed by atoms with E-state index in [-0.39, 0.29) is 5.75 Å². The maximum atomic E-state index is 10.6. The molecule has 0 saturated carbocycles. The van der Waals surface area contributed by atoms with Crippen molar-refractivity contribution < 1.29 is 9.84 Å². The number of phenolic OH excluding ortho intramolecular Hbond substituents is 1. The SMILES string of the molecule is CCOc1cc(Br)c(Br)c(/C=N\Nc2nc(N3CCCCC3)nc(N3CCCCC3)n2)c1O. The predicted octanol–water partition coefficient (Wildman–Crippen LogP) is 4.93. The van der Waals surface area contributed by atoms with E-state index in [1.165, 1.54) is 19.1 Å². The van der Waals surface area contributed by atoms with Crippen molar-refractivity contribution in [2.24, 2.45) is 5.10 Å². The van der Waals surface area contributed by atoms with Crippen molar-refractivity contribution in [1.29, 1.82) is 0 Å². The average molecular weight is 583 g/mol. The molecule has 0 amide bonds. The van der Waals surface area contributed by atoms with Gasteiger partial charge in [0.1, 0.15) is 0 Å². The van der Waals surface area contributed by atoms with Crippen molar-refractivity contribution in [3.05, 3.63) is 20.6 Å². The van der Waals surface area contributed by atoms with Gasteiger partial charge in [0.25, 0.3) is 0 Å². The first-order valence-corrected chi connectivity index (χ1v) is 13.0. The lowest BCUT2D eigenvalue weighted by Gasteiger charge is -2.30. The zero-order valence-corrected chi connectivity index (χ0v) is 21.9. The Morgan fingerprint density at radius 3 is 2.12 bits per heavy atom. The van der Waals surface area contributed by atoms with Crippen LogP contribution in [-0.2, 0) is 0 Å². The van der Waals surface area contributed by atoms with E-state index in [2.05, 4.69) is 62.2 Å². The van der Waals surface area contributed by atoms with Crippen LogP contribution in [0.1, 0.15) is 51.0 Å². The van der Waals surface area contributed by atoms with Gasteiger partial charge in [0.15, 0.2) is 11.5 Å². The fourth-order valence-electron chi connectivity index (χ4n) is 4.02. The second-order valence-corrected chi connectivity index (χ2v) is 9.74. The van der Waals surface area contributed by atoms with Gasteiger partial charge in [0.05, 0.1) is 18.4 Å². The second-order valence-electron chi connectivity index (χ2n) is 8.09. The minimum atomic E-state index is 0.0103. The van der Waals surface area contributed by atoms with E-state index in [9.17, 15) is 5.11 Å². The van der Waals surface area contributed by atoms with Crippen LogP contribution in [0.3, 0.4) is 0 Å². The molecule has 11 heteroatoms.